The van der Waals surface area contributed by atoms with Crippen molar-refractivity contribution in [3.63, 3.8) is 0 Å². The first kappa shape index (κ1) is 13.4. The van der Waals surface area contributed by atoms with Crippen molar-refractivity contribution in [3.05, 3.63) is 40.5 Å². The van der Waals surface area contributed by atoms with E-state index in [2.05, 4.69) is 14.9 Å². The average Bonchev–Trinajstić information content (AvgIpc) is 2.75. The molecule has 0 bridgehead atoms. The third-order valence-corrected chi connectivity index (χ3v) is 4.25. The van der Waals surface area contributed by atoms with Crippen molar-refractivity contribution < 1.29 is 8.42 Å². The normalized spacial score (nSPS) is 11.0. The van der Waals surface area contributed by atoms with Crippen LogP contribution in [0.4, 0.5) is 5.82 Å². The lowest BCUT2D eigenvalue weighted by Crippen LogP contribution is -2.14. The second-order valence-electron chi connectivity index (χ2n) is 3.79. The van der Waals surface area contributed by atoms with E-state index in [0.29, 0.717) is 5.56 Å². The topological polar surface area (TPSA) is 98.6 Å². The first-order valence-electron chi connectivity index (χ1n) is 5.16. The van der Waals surface area contributed by atoms with E-state index in [9.17, 15) is 8.42 Å². The highest BCUT2D eigenvalue weighted by molar-refractivity contribution is 7.92. The van der Waals surface area contributed by atoms with Crippen LogP contribution in [-0.4, -0.2) is 18.6 Å². The number of hydrogen-bond acceptors (Lipinski definition) is 4. The Bertz CT molecular complexity index is 761. The lowest BCUT2D eigenvalue weighted by molar-refractivity contribution is 0.601. The summed E-state index contributed by atoms with van der Waals surface area (Å²) in [6.07, 6.45) is 1.49. The summed E-state index contributed by atoms with van der Waals surface area (Å²) >= 11 is 5.86. The minimum atomic E-state index is -3.87. The first-order valence-corrected chi connectivity index (χ1v) is 7.02. The van der Waals surface area contributed by atoms with E-state index in [1.54, 1.807) is 6.92 Å². The second-order valence-corrected chi connectivity index (χ2v) is 5.85. The van der Waals surface area contributed by atoms with Crippen LogP contribution in [0.2, 0.25) is 5.02 Å². The number of aromatic amines is 1. The van der Waals surface area contributed by atoms with Crippen LogP contribution in [0.5, 0.6) is 0 Å². The van der Waals surface area contributed by atoms with E-state index < -0.39 is 10.0 Å². The third kappa shape index (κ3) is 2.70. The third-order valence-electron chi connectivity index (χ3n) is 2.42. The molecule has 0 unspecified atom stereocenters. The van der Waals surface area contributed by atoms with E-state index in [1.807, 2.05) is 6.07 Å². The Balaban J connectivity index is 2.46. The fourth-order valence-corrected chi connectivity index (χ4v) is 3.03. The summed E-state index contributed by atoms with van der Waals surface area (Å²) in [6.45, 7) is 1.70. The van der Waals surface area contributed by atoms with Crippen molar-refractivity contribution in [2.45, 2.75) is 11.8 Å². The Labute approximate surface area is 115 Å². The summed E-state index contributed by atoms with van der Waals surface area (Å²) in [6, 6.07) is 5.90. The van der Waals surface area contributed by atoms with Gasteiger partial charge in [-0.1, -0.05) is 11.6 Å². The predicted octanol–water partition coefficient (Wildman–Crippen LogP) is 2.04. The quantitative estimate of drug-likeness (QED) is 0.905. The Morgan fingerprint density at radius 1 is 1.47 bits per heavy atom. The molecule has 0 saturated carbocycles. The van der Waals surface area contributed by atoms with Gasteiger partial charge in [0, 0.05) is 5.56 Å². The number of aryl methyl sites for hydroxylation is 1. The van der Waals surface area contributed by atoms with Crippen molar-refractivity contribution in [1.82, 2.24) is 10.2 Å². The van der Waals surface area contributed by atoms with E-state index >= 15 is 0 Å². The highest BCUT2D eigenvalue weighted by atomic mass is 35.5. The van der Waals surface area contributed by atoms with E-state index in [1.165, 1.54) is 24.4 Å². The predicted molar refractivity (Wildman–Crippen MR) is 70.3 cm³/mol. The molecule has 2 rings (SSSR count). The SMILES string of the molecule is Cc1cn[nH]c1NS(=O)(=O)c1cc(C#N)ccc1Cl. The van der Waals surface area contributed by atoms with Crippen LogP contribution in [0.3, 0.4) is 0 Å². The molecule has 0 aliphatic carbocycles. The molecule has 2 aromatic rings. The molecule has 8 heteroatoms. The molecule has 0 radical (unpaired) electrons. The molecule has 0 aliphatic heterocycles. The largest absolute Gasteiger partial charge is 0.264 e. The van der Waals surface area contributed by atoms with Crippen LogP contribution in [-0.2, 0) is 10.0 Å². The smallest absolute Gasteiger partial charge is 0.263 e. The van der Waals surface area contributed by atoms with Gasteiger partial charge in [-0.25, -0.2) is 8.42 Å². The van der Waals surface area contributed by atoms with Gasteiger partial charge in [-0.3, -0.25) is 9.82 Å². The molecule has 0 spiro atoms. The lowest BCUT2D eigenvalue weighted by atomic mass is 10.2. The van der Waals surface area contributed by atoms with Gasteiger partial charge in [-0.2, -0.15) is 10.4 Å². The van der Waals surface area contributed by atoms with Crippen LogP contribution in [0, 0.1) is 18.3 Å². The molecule has 19 heavy (non-hydrogen) atoms. The molecule has 2 N–H and O–H groups in total. The zero-order valence-corrected chi connectivity index (χ0v) is 11.4. The molecule has 0 fully saturated rings. The van der Waals surface area contributed by atoms with Crippen molar-refractivity contribution >= 4 is 27.4 Å². The Morgan fingerprint density at radius 3 is 2.79 bits per heavy atom. The number of hydrogen-bond donors (Lipinski definition) is 2. The molecule has 0 atom stereocenters. The maximum Gasteiger partial charge on any atom is 0.264 e. The summed E-state index contributed by atoms with van der Waals surface area (Å²) in [5.41, 5.74) is 0.863. The first-order chi connectivity index (χ1) is 8.94. The molecule has 1 heterocycles. The number of halogens is 1. The van der Waals surface area contributed by atoms with Gasteiger partial charge in [-0.05, 0) is 25.1 Å². The van der Waals surface area contributed by atoms with Crippen LogP contribution in [0.25, 0.3) is 0 Å². The van der Waals surface area contributed by atoms with E-state index in [-0.39, 0.29) is 21.3 Å². The summed E-state index contributed by atoms with van der Waals surface area (Å²) in [5, 5.41) is 15.1. The standard InChI is InChI=1S/C11H9ClN4O2S/c1-7-6-14-15-11(7)16-19(17,18)10-4-8(5-13)2-3-9(10)12/h2-4,6H,1H3,(H2,14,15,16). The van der Waals surface area contributed by atoms with Crippen LogP contribution >= 0.6 is 11.6 Å². The number of H-pyrrole nitrogens is 1. The number of benzene rings is 1. The number of anilines is 1. The van der Waals surface area contributed by atoms with Crippen molar-refractivity contribution in [2.75, 3.05) is 4.72 Å². The maximum absolute atomic E-state index is 12.2. The molecule has 1 aromatic heterocycles. The fraction of sp³-hybridized carbons (Fsp3) is 0.0909. The summed E-state index contributed by atoms with van der Waals surface area (Å²) in [5.74, 6) is 0.262. The number of rotatable bonds is 3. The molecule has 0 saturated heterocycles. The summed E-state index contributed by atoms with van der Waals surface area (Å²) < 4.78 is 26.7. The Morgan fingerprint density at radius 2 is 2.21 bits per heavy atom. The molecule has 1 aromatic carbocycles. The zero-order valence-electron chi connectivity index (χ0n) is 9.81. The molecule has 6 nitrogen and oxygen atoms in total. The number of nitriles is 1. The molecule has 0 amide bonds. The molecular weight excluding hydrogens is 288 g/mol. The van der Waals surface area contributed by atoms with E-state index in [4.69, 9.17) is 16.9 Å². The summed E-state index contributed by atoms with van der Waals surface area (Å²) in [7, 11) is -3.87. The van der Waals surface area contributed by atoms with Crippen LogP contribution in [0.1, 0.15) is 11.1 Å². The monoisotopic (exact) mass is 296 g/mol. The van der Waals surface area contributed by atoms with Gasteiger partial charge in [0.25, 0.3) is 10.0 Å². The Hall–Kier alpha value is -2.04. The van der Waals surface area contributed by atoms with Gasteiger partial charge in [0.1, 0.15) is 10.7 Å². The minimum absolute atomic E-state index is 0.0451. The number of aromatic nitrogens is 2. The van der Waals surface area contributed by atoms with Crippen molar-refractivity contribution in [3.8, 4) is 6.07 Å². The van der Waals surface area contributed by atoms with Crippen LogP contribution in [0.15, 0.2) is 29.3 Å². The highest BCUT2D eigenvalue weighted by Crippen LogP contribution is 2.25. The lowest BCUT2D eigenvalue weighted by Gasteiger charge is -2.08. The van der Waals surface area contributed by atoms with Gasteiger partial charge >= 0.3 is 0 Å². The highest BCUT2D eigenvalue weighted by Gasteiger charge is 2.20. The summed E-state index contributed by atoms with van der Waals surface area (Å²) in [4.78, 5) is -0.151. The average molecular weight is 297 g/mol. The van der Waals surface area contributed by atoms with Gasteiger partial charge in [0.2, 0.25) is 0 Å². The molecular formula is C11H9ClN4O2S. The minimum Gasteiger partial charge on any atom is -0.263 e. The Kier molecular flexibility index (Phi) is 3.46. The molecule has 98 valence electrons. The van der Waals surface area contributed by atoms with Gasteiger partial charge < -0.3 is 0 Å². The number of sulfonamides is 1. The zero-order chi connectivity index (χ0) is 14.0. The molecule has 0 aliphatic rings. The van der Waals surface area contributed by atoms with Crippen molar-refractivity contribution in [2.24, 2.45) is 0 Å². The maximum atomic E-state index is 12.2. The van der Waals surface area contributed by atoms with Crippen molar-refractivity contribution in [1.29, 1.82) is 5.26 Å². The fourth-order valence-electron chi connectivity index (χ4n) is 1.42. The van der Waals surface area contributed by atoms with Gasteiger partial charge in [0.05, 0.1) is 22.9 Å². The van der Waals surface area contributed by atoms with Crippen LogP contribution < -0.4 is 4.72 Å². The number of nitrogens with zero attached hydrogens (tertiary/aromatic N) is 2. The second kappa shape index (κ2) is 4.91. The van der Waals surface area contributed by atoms with Gasteiger partial charge in [0.15, 0.2) is 0 Å². The van der Waals surface area contributed by atoms with E-state index in [0.717, 1.165) is 0 Å². The number of nitrogens with one attached hydrogen (secondary N) is 2. The van der Waals surface area contributed by atoms with Gasteiger partial charge in [-0.15, -0.1) is 0 Å².